The molecule has 58 valence electrons. The van der Waals surface area contributed by atoms with Gasteiger partial charge in [-0.15, -0.1) is 0 Å². The maximum Gasteiger partial charge on any atom is 0.0407 e. The predicted octanol–water partition coefficient (Wildman–Crippen LogP) is -0.288. The predicted molar refractivity (Wildman–Crippen MR) is 42.4 cm³/mol. The van der Waals surface area contributed by atoms with Crippen molar-refractivity contribution in [1.82, 2.24) is 10.2 Å². The molecule has 0 saturated carbocycles. The second kappa shape index (κ2) is 3.46. The van der Waals surface area contributed by atoms with Crippen LogP contribution in [0, 0.1) is 0 Å². The minimum absolute atomic E-state index is 0.979. The van der Waals surface area contributed by atoms with Crippen molar-refractivity contribution in [3.63, 3.8) is 0 Å². The molecule has 3 nitrogen and oxygen atoms in total. The third kappa shape index (κ3) is 1.64. The molecule has 1 aliphatic rings. The second-order valence-electron chi connectivity index (χ2n) is 2.49. The summed E-state index contributed by atoms with van der Waals surface area (Å²) in [5, 5.41) is 3.23. The molecule has 10 heavy (non-hydrogen) atoms. The molecular weight excluding hydrogens is 126 g/mol. The topological polar surface area (TPSA) is 41.3 Å². The van der Waals surface area contributed by atoms with E-state index in [1.807, 2.05) is 0 Å². The van der Waals surface area contributed by atoms with Crippen LogP contribution in [0.3, 0.4) is 0 Å². The zero-order chi connectivity index (χ0) is 7.40. The summed E-state index contributed by atoms with van der Waals surface area (Å²) in [4.78, 5) is 2.36. The summed E-state index contributed by atoms with van der Waals surface area (Å²) < 4.78 is 0. The van der Waals surface area contributed by atoms with Gasteiger partial charge in [0.05, 0.1) is 0 Å². The number of rotatable bonds is 1. The Kier molecular flexibility index (Phi) is 2.57. The molecule has 0 unspecified atom stereocenters. The molecule has 1 heterocycles. The SMILES string of the molecule is CCN1CCN/C(=C\N)C1. The third-order valence-corrected chi connectivity index (χ3v) is 1.82. The van der Waals surface area contributed by atoms with Gasteiger partial charge in [0.2, 0.25) is 0 Å². The molecule has 0 bridgehead atoms. The Morgan fingerprint density at radius 2 is 2.60 bits per heavy atom. The van der Waals surface area contributed by atoms with Gasteiger partial charge >= 0.3 is 0 Å². The van der Waals surface area contributed by atoms with E-state index >= 15 is 0 Å². The average Bonchev–Trinajstić information content (AvgIpc) is 2.05. The molecule has 3 N–H and O–H groups in total. The summed E-state index contributed by atoms with van der Waals surface area (Å²) in [6.45, 7) is 6.41. The van der Waals surface area contributed by atoms with Gasteiger partial charge in [-0.05, 0) is 6.54 Å². The normalized spacial score (nSPS) is 24.7. The van der Waals surface area contributed by atoms with E-state index in [0.717, 1.165) is 31.9 Å². The van der Waals surface area contributed by atoms with Crippen LogP contribution < -0.4 is 11.1 Å². The fourth-order valence-electron chi connectivity index (χ4n) is 1.13. The highest BCUT2D eigenvalue weighted by atomic mass is 15.2. The summed E-state index contributed by atoms with van der Waals surface area (Å²) >= 11 is 0. The van der Waals surface area contributed by atoms with Crippen LogP contribution in [0.15, 0.2) is 11.9 Å². The second-order valence-corrected chi connectivity index (χ2v) is 2.49. The van der Waals surface area contributed by atoms with Gasteiger partial charge in [0.1, 0.15) is 0 Å². The number of hydrogen-bond acceptors (Lipinski definition) is 3. The van der Waals surface area contributed by atoms with E-state index in [1.165, 1.54) is 0 Å². The molecule has 1 aliphatic heterocycles. The van der Waals surface area contributed by atoms with Crippen molar-refractivity contribution in [3.05, 3.63) is 11.9 Å². The van der Waals surface area contributed by atoms with Crippen LogP contribution in [0.1, 0.15) is 6.92 Å². The molecule has 1 saturated heterocycles. The zero-order valence-electron chi connectivity index (χ0n) is 6.43. The van der Waals surface area contributed by atoms with Gasteiger partial charge in [-0.2, -0.15) is 0 Å². The first kappa shape index (κ1) is 7.41. The van der Waals surface area contributed by atoms with E-state index < -0.39 is 0 Å². The average molecular weight is 141 g/mol. The van der Waals surface area contributed by atoms with Crippen LogP contribution in [-0.4, -0.2) is 31.1 Å². The Bertz CT molecular complexity index is 131. The highest BCUT2D eigenvalue weighted by Crippen LogP contribution is 1.98. The van der Waals surface area contributed by atoms with Crippen molar-refractivity contribution < 1.29 is 0 Å². The Morgan fingerprint density at radius 1 is 1.80 bits per heavy atom. The lowest BCUT2D eigenvalue weighted by Gasteiger charge is -2.28. The Hall–Kier alpha value is -0.700. The van der Waals surface area contributed by atoms with E-state index in [1.54, 1.807) is 6.20 Å². The summed E-state index contributed by atoms with van der Waals surface area (Å²) in [6, 6.07) is 0. The first-order valence-electron chi connectivity index (χ1n) is 3.73. The molecule has 0 atom stereocenters. The number of nitrogens with zero attached hydrogens (tertiary/aromatic N) is 1. The van der Waals surface area contributed by atoms with Crippen LogP contribution in [0.5, 0.6) is 0 Å². The van der Waals surface area contributed by atoms with Crippen molar-refractivity contribution in [2.24, 2.45) is 5.73 Å². The van der Waals surface area contributed by atoms with E-state index in [-0.39, 0.29) is 0 Å². The van der Waals surface area contributed by atoms with Crippen molar-refractivity contribution in [1.29, 1.82) is 0 Å². The summed E-state index contributed by atoms with van der Waals surface area (Å²) in [7, 11) is 0. The number of hydrogen-bond donors (Lipinski definition) is 2. The van der Waals surface area contributed by atoms with Crippen LogP contribution in [0.25, 0.3) is 0 Å². The molecule has 0 aliphatic carbocycles. The minimum Gasteiger partial charge on any atom is -0.403 e. The van der Waals surface area contributed by atoms with Gasteiger partial charge in [0.25, 0.3) is 0 Å². The number of likely N-dealkylation sites (N-methyl/N-ethyl adjacent to an activating group) is 1. The summed E-state index contributed by atoms with van der Waals surface area (Å²) in [6.07, 6.45) is 1.65. The highest BCUT2D eigenvalue weighted by molar-refractivity contribution is 5.02. The van der Waals surface area contributed by atoms with E-state index in [4.69, 9.17) is 5.73 Å². The molecule has 0 aromatic carbocycles. The van der Waals surface area contributed by atoms with Gasteiger partial charge in [-0.3, -0.25) is 4.90 Å². The highest BCUT2D eigenvalue weighted by Gasteiger charge is 2.09. The van der Waals surface area contributed by atoms with Gasteiger partial charge in [0.15, 0.2) is 0 Å². The molecular formula is C7H15N3. The zero-order valence-corrected chi connectivity index (χ0v) is 6.43. The molecule has 1 fully saturated rings. The standard InChI is InChI=1S/C7H15N3/c1-2-10-4-3-9-7(5-8)6-10/h5,9H,2-4,6,8H2,1H3/b7-5-. The van der Waals surface area contributed by atoms with Crippen LogP contribution in [0.4, 0.5) is 0 Å². The monoisotopic (exact) mass is 141 g/mol. The fourth-order valence-corrected chi connectivity index (χ4v) is 1.13. The maximum atomic E-state index is 5.37. The number of piperazine rings is 1. The van der Waals surface area contributed by atoms with Gasteiger partial charge < -0.3 is 11.1 Å². The maximum absolute atomic E-state index is 5.37. The smallest absolute Gasteiger partial charge is 0.0407 e. The molecule has 1 rings (SSSR count). The van der Waals surface area contributed by atoms with Gasteiger partial charge in [0, 0.05) is 31.5 Å². The van der Waals surface area contributed by atoms with E-state index in [2.05, 4.69) is 17.1 Å². The quantitative estimate of drug-likeness (QED) is 0.527. The number of nitrogens with one attached hydrogen (secondary N) is 1. The van der Waals surface area contributed by atoms with Crippen LogP contribution in [0.2, 0.25) is 0 Å². The van der Waals surface area contributed by atoms with Gasteiger partial charge in [-0.25, -0.2) is 0 Å². The molecule has 0 aromatic rings. The Morgan fingerprint density at radius 3 is 3.20 bits per heavy atom. The van der Waals surface area contributed by atoms with Crippen molar-refractivity contribution >= 4 is 0 Å². The summed E-state index contributed by atoms with van der Waals surface area (Å²) in [5.74, 6) is 0. The minimum atomic E-state index is 0.979. The summed E-state index contributed by atoms with van der Waals surface area (Å²) in [5.41, 5.74) is 6.52. The Balaban J connectivity index is 2.39. The largest absolute Gasteiger partial charge is 0.403 e. The first-order valence-corrected chi connectivity index (χ1v) is 3.73. The van der Waals surface area contributed by atoms with Crippen molar-refractivity contribution in [2.75, 3.05) is 26.2 Å². The molecule has 0 aromatic heterocycles. The molecule has 3 heteroatoms. The molecule has 0 radical (unpaired) electrons. The lowest BCUT2D eigenvalue weighted by molar-refractivity contribution is 0.280. The van der Waals surface area contributed by atoms with E-state index in [9.17, 15) is 0 Å². The van der Waals surface area contributed by atoms with Crippen molar-refractivity contribution in [2.45, 2.75) is 6.92 Å². The van der Waals surface area contributed by atoms with Gasteiger partial charge in [-0.1, -0.05) is 6.92 Å². The molecule has 0 amide bonds. The lowest BCUT2D eigenvalue weighted by atomic mass is 10.3. The van der Waals surface area contributed by atoms with E-state index in [0.29, 0.717) is 0 Å². The van der Waals surface area contributed by atoms with Crippen LogP contribution >= 0.6 is 0 Å². The number of nitrogens with two attached hydrogens (primary N) is 1. The lowest BCUT2D eigenvalue weighted by Crippen LogP contribution is -2.42. The Labute approximate surface area is 61.9 Å². The van der Waals surface area contributed by atoms with Crippen molar-refractivity contribution in [3.8, 4) is 0 Å². The molecule has 0 spiro atoms. The third-order valence-electron chi connectivity index (χ3n) is 1.82. The fraction of sp³-hybridized carbons (Fsp3) is 0.714. The first-order chi connectivity index (χ1) is 4.86. The van der Waals surface area contributed by atoms with Crippen LogP contribution in [-0.2, 0) is 0 Å².